The minimum atomic E-state index is 0.192. The normalized spacial score (nSPS) is 10.9. The molecular weight excluding hydrogens is 379 g/mol. The van der Waals surface area contributed by atoms with Crippen LogP contribution in [0, 0.1) is 0 Å². The molecule has 0 saturated heterocycles. The largest absolute Gasteiger partial charge is 0.489 e. The average Bonchev–Trinajstić information content (AvgIpc) is 2.77. The second-order valence-electron chi connectivity index (χ2n) is 6.76. The summed E-state index contributed by atoms with van der Waals surface area (Å²) in [7, 11) is 0.275. The molecule has 29 heavy (non-hydrogen) atoms. The van der Waals surface area contributed by atoms with E-state index in [0.29, 0.717) is 13.2 Å². The number of para-hydroxylation sites is 2. The Kier molecular flexibility index (Phi) is 8.27. The Balaban J connectivity index is 1.80. The Hall–Kier alpha value is -2.64. The van der Waals surface area contributed by atoms with E-state index in [1.54, 1.807) is 0 Å². The van der Waals surface area contributed by atoms with Gasteiger partial charge in [0, 0.05) is 16.7 Å². The highest BCUT2D eigenvalue weighted by atomic mass is 31.1. The SMILES string of the molecule is CCCCPC(=O)c1c(COc2ccccc2)cccc1COc1ccccc1. The molecule has 0 aromatic heterocycles. The van der Waals surface area contributed by atoms with Crippen LogP contribution in [0.3, 0.4) is 0 Å². The molecule has 0 saturated carbocycles. The van der Waals surface area contributed by atoms with Gasteiger partial charge < -0.3 is 9.47 Å². The van der Waals surface area contributed by atoms with Crippen molar-refractivity contribution in [1.29, 1.82) is 0 Å². The highest BCUT2D eigenvalue weighted by molar-refractivity contribution is 7.58. The average molecular weight is 406 g/mol. The number of unbranched alkanes of at least 4 members (excludes halogenated alkanes) is 1. The molecule has 1 atom stereocenters. The maximum atomic E-state index is 13.1. The summed E-state index contributed by atoms with van der Waals surface area (Å²) in [5, 5.41) is 0. The zero-order valence-electron chi connectivity index (χ0n) is 16.8. The Morgan fingerprint density at radius 3 is 1.76 bits per heavy atom. The molecule has 3 aromatic carbocycles. The summed E-state index contributed by atoms with van der Waals surface area (Å²) >= 11 is 0. The number of rotatable bonds is 11. The molecule has 150 valence electrons. The van der Waals surface area contributed by atoms with Gasteiger partial charge in [-0.3, -0.25) is 4.79 Å². The summed E-state index contributed by atoms with van der Waals surface area (Å²) in [5.41, 5.74) is 2.78. The van der Waals surface area contributed by atoms with Crippen molar-refractivity contribution in [3.8, 4) is 11.5 Å². The van der Waals surface area contributed by atoms with Gasteiger partial charge in [-0.1, -0.05) is 67.9 Å². The van der Waals surface area contributed by atoms with E-state index in [0.717, 1.165) is 47.2 Å². The maximum Gasteiger partial charge on any atom is 0.181 e. The van der Waals surface area contributed by atoms with Crippen LogP contribution in [0.1, 0.15) is 41.3 Å². The molecule has 4 heteroatoms. The molecule has 0 N–H and O–H groups in total. The van der Waals surface area contributed by atoms with Crippen molar-refractivity contribution < 1.29 is 14.3 Å². The summed E-state index contributed by atoms with van der Waals surface area (Å²) in [4.78, 5) is 13.1. The fourth-order valence-corrected chi connectivity index (χ4v) is 4.26. The minimum absolute atomic E-state index is 0.192. The molecule has 3 rings (SSSR count). The lowest BCUT2D eigenvalue weighted by atomic mass is 10.0. The number of benzene rings is 3. The third-order valence-corrected chi connectivity index (χ3v) is 5.73. The molecule has 0 fully saturated rings. The first-order chi connectivity index (χ1) is 14.3. The van der Waals surface area contributed by atoms with Crippen LogP contribution in [-0.2, 0) is 13.2 Å². The van der Waals surface area contributed by atoms with E-state index < -0.39 is 0 Å². The van der Waals surface area contributed by atoms with Crippen LogP contribution in [0.2, 0.25) is 0 Å². The Morgan fingerprint density at radius 1 is 0.759 bits per heavy atom. The van der Waals surface area contributed by atoms with E-state index in [2.05, 4.69) is 6.92 Å². The summed E-state index contributed by atoms with van der Waals surface area (Å²) in [6.45, 7) is 2.88. The van der Waals surface area contributed by atoms with Gasteiger partial charge in [-0.05, 0) is 45.4 Å². The van der Waals surface area contributed by atoms with Gasteiger partial charge in [0.2, 0.25) is 0 Å². The van der Waals surface area contributed by atoms with E-state index in [4.69, 9.17) is 9.47 Å². The smallest absolute Gasteiger partial charge is 0.181 e. The maximum absolute atomic E-state index is 13.1. The third kappa shape index (κ3) is 6.44. The summed E-state index contributed by atoms with van der Waals surface area (Å²) < 4.78 is 11.9. The van der Waals surface area contributed by atoms with Crippen molar-refractivity contribution in [3.63, 3.8) is 0 Å². The molecule has 3 nitrogen and oxygen atoms in total. The van der Waals surface area contributed by atoms with Crippen molar-refractivity contribution in [1.82, 2.24) is 0 Å². The fourth-order valence-electron chi connectivity index (χ4n) is 3.01. The van der Waals surface area contributed by atoms with E-state index >= 15 is 0 Å². The monoisotopic (exact) mass is 406 g/mol. The van der Waals surface area contributed by atoms with E-state index in [1.165, 1.54) is 0 Å². The van der Waals surface area contributed by atoms with Crippen LogP contribution in [0.4, 0.5) is 0 Å². The predicted molar refractivity (Wildman–Crippen MR) is 120 cm³/mol. The Bertz CT molecular complexity index is 833. The van der Waals surface area contributed by atoms with Crippen molar-refractivity contribution >= 4 is 14.1 Å². The van der Waals surface area contributed by atoms with Gasteiger partial charge in [0.25, 0.3) is 0 Å². The molecule has 1 unspecified atom stereocenters. The van der Waals surface area contributed by atoms with Gasteiger partial charge in [0.05, 0.1) is 0 Å². The van der Waals surface area contributed by atoms with Gasteiger partial charge >= 0.3 is 0 Å². The lowest BCUT2D eigenvalue weighted by Gasteiger charge is -2.16. The molecule has 0 aliphatic carbocycles. The lowest BCUT2D eigenvalue weighted by molar-refractivity contribution is 0.108. The summed E-state index contributed by atoms with van der Waals surface area (Å²) in [5.74, 6) is 1.59. The van der Waals surface area contributed by atoms with Crippen molar-refractivity contribution in [2.75, 3.05) is 6.16 Å². The summed E-state index contributed by atoms with van der Waals surface area (Å²) in [6, 6.07) is 25.3. The topological polar surface area (TPSA) is 35.5 Å². The first-order valence-electron chi connectivity index (χ1n) is 10.0. The number of carbonyl (C=O) groups excluding carboxylic acids is 1. The predicted octanol–water partition coefficient (Wildman–Crippen LogP) is 6.46. The molecular formula is C25H27O3P. The van der Waals surface area contributed by atoms with Crippen molar-refractivity contribution in [3.05, 3.63) is 95.6 Å². The molecule has 0 aliphatic heterocycles. The molecule has 0 heterocycles. The van der Waals surface area contributed by atoms with Gasteiger partial charge in [0.1, 0.15) is 24.7 Å². The van der Waals surface area contributed by atoms with Crippen molar-refractivity contribution in [2.24, 2.45) is 0 Å². The number of hydrogen-bond acceptors (Lipinski definition) is 3. The molecule has 0 radical (unpaired) electrons. The second-order valence-corrected chi connectivity index (χ2v) is 8.07. The molecule has 0 aliphatic rings. The first kappa shape index (κ1) is 21.1. The number of carbonyl (C=O) groups is 1. The minimum Gasteiger partial charge on any atom is -0.489 e. The molecule has 0 spiro atoms. The Morgan fingerprint density at radius 2 is 1.28 bits per heavy atom. The van der Waals surface area contributed by atoms with Gasteiger partial charge in [-0.25, -0.2) is 0 Å². The van der Waals surface area contributed by atoms with Crippen LogP contribution in [0.25, 0.3) is 0 Å². The fraction of sp³-hybridized carbons (Fsp3) is 0.240. The lowest BCUT2D eigenvalue weighted by Crippen LogP contribution is -2.10. The third-order valence-electron chi connectivity index (χ3n) is 4.56. The second kappa shape index (κ2) is 11.4. The zero-order chi connectivity index (χ0) is 20.3. The van der Waals surface area contributed by atoms with Gasteiger partial charge in [0.15, 0.2) is 5.52 Å². The van der Waals surface area contributed by atoms with E-state index in [1.807, 2.05) is 78.9 Å². The molecule has 0 bridgehead atoms. The molecule has 0 amide bonds. The van der Waals surface area contributed by atoms with Crippen LogP contribution < -0.4 is 9.47 Å². The highest BCUT2D eigenvalue weighted by Crippen LogP contribution is 2.28. The number of hydrogen-bond donors (Lipinski definition) is 0. The molecule has 3 aromatic rings. The van der Waals surface area contributed by atoms with Crippen LogP contribution >= 0.6 is 8.58 Å². The van der Waals surface area contributed by atoms with Gasteiger partial charge in [-0.15, -0.1) is 0 Å². The van der Waals surface area contributed by atoms with E-state index in [9.17, 15) is 4.79 Å². The number of ether oxygens (including phenoxy) is 2. The van der Waals surface area contributed by atoms with E-state index in [-0.39, 0.29) is 14.1 Å². The summed E-state index contributed by atoms with van der Waals surface area (Å²) in [6.07, 6.45) is 3.11. The highest BCUT2D eigenvalue weighted by Gasteiger charge is 2.17. The van der Waals surface area contributed by atoms with Crippen molar-refractivity contribution in [2.45, 2.75) is 33.0 Å². The Labute approximate surface area is 174 Å². The quantitative estimate of drug-likeness (QED) is 0.271. The van der Waals surface area contributed by atoms with Crippen LogP contribution in [0.5, 0.6) is 11.5 Å². The van der Waals surface area contributed by atoms with Crippen LogP contribution in [-0.4, -0.2) is 11.7 Å². The first-order valence-corrected chi connectivity index (χ1v) is 11.2. The zero-order valence-corrected chi connectivity index (χ0v) is 17.8. The van der Waals surface area contributed by atoms with Crippen LogP contribution in [0.15, 0.2) is 78.9 Å². The van der Waals surface area contributed by atoms with Gasteiger partial charge in [-0.2, -0.15) is 0 Å². The standard InChI is InChI=1S/C25H27O3P/c1-2-3-17-29-25(26)24-20(18-27-22-13-6-4-7-14-22)11-10-12-21(24)19-28-23-15-8-5-9-16-23/h4-16,29H,2-3,17-19H2,1H3.